The maximum Gasteiger partial charge on any atom is 0.132 e. The summed E-state index contributed by atoms with van der Waals surface area (Å²) in [7, 11) is 1.50. The molecule has 0 amide bonds. The van der Waals surface area contributed by atoms with Crippen molar-refractivity contribution >= 4 is 5.71 Å². The van der Waals surface area contributed by atoms with Gasteiger partial charge < -0.3 is 14.3 Å². The Morgan fingerprint density at radius 3 is 2.42 bits per heavy atom. The molecule has 0 bridgehead atoms. The molecule has 0 radical (unpaired) electrons. The van der Waals surface area contributed by atoms with Gasteiger partial charge in [0.05, 0.1) is 18.1 Å². The van der Waals surface area contributed by atoms with E-state index in [-0.39, 0.29) is 0 Å². The topological polar surface area (TPSA) is 65.8 Å². The highest BCUT2D eigenvalue weighted by Crippen LogP contribution is 2.29. The van der Waals surface area contributed by atoms with E-state index >= 15 is 0 Å². The summed E-state index contributed by atoms with van der Waals surface area (Å²) in [5.41, 5.74) is 4.13. The van der Waals surface area contributed by atoms with Crippen LogP contribution in [0.15, 0.2) is 41.8 Å². The maximum absolute atomic E-state index is 5.96. The minimum atomic E-state index is 0.341. The third kappa shape index (κ3) is 5.31. The molecule has 1 aromatic carbocycles. The lowest BCUT2D eigenvalue weighted by Gasteiger charge is -2.14. The predicted octanol–water partition coefficient (Wildman–Crippen LogP) is 4.00. The van der Waals surface area contributed by atoms with Crippen LogP contribution in [-0.2, 0) is 11.4 Å². The van der Waals surface area contributed by atoms with Crippen molar-refractivity contribution in [3.63, 3.8) is 0 Å². The van der Waals surface area contributed by atoms with Crippen LogP contribution in [0.5, 0.6) is 11.5 Å². The van der Waals surface area contributed by atoms with Crippen molar-refractivity contribution < 1.29 is 14.3 Å². The van der Waals surface area contributed by atoms with Gasteiger partial charge in [-0.05, 0) is 51.0 Å². The lowest BCUT2D eigenvalue weighted by molar-refractivity contribution is 0.213. The molecule has 0 spiro atoms. The van der Waals surface area contributed by atoms with E-state index < -0.39 is 0 Å². The number of hydrogen-bond donors (Lipinski definition) is 0. The fourth-order valence-corrected chi connectivity index (χ4v) is 2.41. The Labute approximate surface area is 154 Å². The van der Waals surface area contributed by atoms with Gasteiger partial charge in [0, 0.05) is 0 Å². The molecule has 0 saturated heterocycles. The molecule has 2 aromatic rings. The zero-order chi connectivity index (χ0) is 18.9. The monoisotopic (exact) mass is 355 g/mol. The molecule has 2 rings (SSSR count). The van der Waals surface area contributed by atoms with Crippen molar-refractivity contribution in [3.05, 3.63) is 59.2 Å². The second-order valence-electron chi connectivity index (χ2n) is 5.81. The molecule has 0 fully saturated rings. The summed E-state index contributed by atoms with van der Waals surface area (Å²) in [6, 6.07) is 3.95. The summed E-state index contributed by atoms with van der Waals surface area (Å²) in [5.74, 6) is 1.67. The zero-order valence-electron chi connectivity index (χ0n) is 15.9. The van der Waals surface area contributed by atoms with Gasteiger partial charge >= 0.3 is 0 Å². The first-order valence-electron chi connectivity index (χ1n) is 8.42. The molecule has 0 N–H and O–H groups in total. The molecule has 0 saturated carbocycles. The van der Waals surface area contributed by atoms with E-state index in [1.165, 1.54) is 7.11 Å². The van der Waals surface area contributed by atoms with Gasteiger partial charge in [-0.1, -0.05) is 17.3 Å². The fraction of sp³-hybridized carbons (Fsp3) is 0.350. The molecule has 0 unspecified atom stereocenters. The second-order valence-corrected chi connectivity index (χ2v) is 5.81. The normalized spacial score (nSPS) is 11.7. The highest BCUT2D eigenvalue weighted by molar-refractivity contribution is 5.96. The van der Waals surface area contributed by atoms with Gasteiger partial charge in [-0.3, -0.25) is 9.97 Å². The largest absolute Gasteiger partial charge is 0.490 e. The Morgan fingerprint density at radius 1 is 1.12 bits per heavy atom. The highest BCUT2D eigenvalue weighted by atomic mass is 16.6. The quantitative estimate of drug-likeness (QED) is 0.407. The molecule has 0 aliphatic heterocycles. The van der Waals surface area contributed by atoms with Gasteiger partial charge in [-0.2, -0.15) is 0 Å². The molecule has 138 valence electrons. The Bertz CT molecular complexity index is 760. The molecule has 1 aromatic heterocycles. The fourth-order valence-electron chi connectivity index (χ4n) is 2.41. The molecule has 0 aliphatic rings. The summed E-state index contributed by atoms with van der Waals surface area (Å²) in [4.78, 5) is 13.4. The third-order valence-electron chi connectivity index (χ3n) is 3.68. The molecule has 6 nitrogen and oxygen atoms in total. The van der Waals surface area contributed by atoms with Crippen LogP contribution >= 0.6 is 0 Å². The Kier molecular flexibility index (Phi) is 7.14. The van der Waals surface area contributed by atoms with Crippen LogP contribution in [0.2, 0.25) is 0 Å². The first-order valence-corrected chi connectivity index (χ1v) is 8.42. The number of ether oxygens (including phenoxy) is 2. The van der Waals surface area contributed by atoms with Gasteiger partial charge in [-0.15, -0.1) is 0 Å². The van der Waals surface area contributed by atoms with Crippen LogP contribution in [0.1, 0.15) is 36.4 Å². The molecule has 26 heavy (non-hydrogen) atoms. The Balaban J connectivity index is 2.04. The number of aromatic nitrogens is 2. The van der Waals surface area contributed by atoms with E-state index in [0.717, 1.165) is 28.3 Å². The van der Waals surface area contributed by atoms with Gasteiger partial charge in [0.1, 0.15) is 43.2 Å². The number of hydrogen-bond acceptors (Lipinski definition) is 6. The van der Waals surface area contributed by atoms with Crippen LogP contribution in [0.4, 0.5) is 0 Å². The van der Waals surface area contributed by atoms with Crippen LogP contribution < -0.4 is 9.47 Å². The summed E-state index contributed by atoms with van der Waals surface area (Å²) in [6.07, 6.45) is 7.28. The standard InChI is InChI=1S/C20H25N3O3/c1-6-7-8-25-18-9-14(2)20(15(3)10-18)26-13-17-11-22-19(12-21-17)16(4)23-24-5/h6-7,9-12H,8,13H2,1-5H3/b7-6+,23-16+. The lowest BCUT2D eigenvalue weighted by Crippen LogP contribution is -2.05. The minimum Gasteiger partial charge on any atom is -0.490 e. The number of rotatable bonds is 8. The van der Waals surface area contributed by atoms with Gasteiger partial charge in [0.15, 0.2) is 0 Å². The average molecular weight is 355 g/mol. The maximum atomic E-state index is 5.96. The van der Waals surface area contributed by atoms with E-state index in [1.54, 1.807) is 12.4 Å². The highest BCUT2D eigenvalue weighted by Gasteiger charge is 2.09. The number of benzene rings is 1. The molecule has 1 heterocycles. The summed E-state index contributed by atoms with van der Waals surface area (Å²) < 4.78 is 11.7. The molecule has 0 aliphatic carbocycles. The number of nitrogens with zero attached hydrogens (tertiary/aromatic N) is 3. The van der Waals surface area contributed by atoms with Crippen LogP contribution in [0.25, 0.3) is 0 Å². The van der Waals surface area contributed by atoms with E-state index in [4.69, 9.17) is 14.3 Å². The Hall–Kier alpha value is -2.89. The number of aryl methyl sites for hydroxylation is 2. The van der Waals surface area contributed by atoms with Gasteiger partial charge in [0.25, 0.3) is 0 Å². The number of oxime groups is 1. The second kappa shape index (κ2) is 9.56. The van der Waals surface area contributed by atoms with Crippen molar-refractivity contribution in [1.29, 1.82) is 0 Å². The van der Waals surface area contributed by atoms with Crippen LogP contribution in [0.3, 0.4) is 0 Å². The first-order chi connectivity index (χ1) is 12.5. The smallest absolute Gasteiger partial charge is 0.132 e. The van der Waals surface area contributed by atoms with Gasteiger partial charge in [-0.25, -0.2) is 0 Å². The number of allylic oxidation sites excluding steroid dienone is 1. The van der Waals surface area contributed by atoms with Crippen molar-refractivity contribution in [1.82, 2.24) is 9.97 Å². The van der Waals surface area contributed by atoms with Crippen molar-refractivity contribution in [2.75, 3.05) is 13.7 Å². The molecular formula is C20H25N3O3. The van der Waals surface area contributed by atoms with Crippen LogP contribution in [-0.4, -0.2) is 29.4 Å². The molecule has 0 atom stereocenters. The summed E-state index contributed by atoms with van der Waals surface area (Å²) in [5, 5.41) is 3.84. The van der Waals surface area contributed by atoms with Crippen molar-refractivity contribution in [3.8, 4) is 11.5 Å². The SMILES string of the molecule is C/C=C/COc1cc(C)c(OCc2cnc(/C(C)=N/OC)cn2)c(C)c1. The lowest BCUT2D eigenvalue weighted by atomic mass is 10.1. The van der Waals surface area contributed by atoms with Crippen molar-refractivity contribution in [2.45, 2.75) is 34.3 Å². The average Bonchev–Trinajstić information content (AvgIpc) is 2.62. The van der Waals surface area contributed by atoms with E-state index in [0.29, 0.717) is 24.6 Å². The zero-order valence-corrected chi connectivity index (χ0v) is 15.9. The van der Waals surface area contributed by atoms with E-state index in [9.17, 15) is 0 Å². The first kappa shape index (κ1) is 19.4. The Morgan fingerprint density at radius 2 is 1.85 bits per heavy atom. The van der Waals surface area contributed by atoms with Gasteiger partial charge in [0.2, 0.25) is 0 Å². The van der Waals surface area contributed by atoms with E-state index in [1.807, 2.05) is 52.0 Å². The van der Waals surface area contributed by atoms with Crippen LogP contribution in [0, 0.1) is 13.8 Å². The summed E-state index contributed by atoms with van der Waals surface area (Å²) >= 11 is 0. The summed E-state index contributed by atoms with van der Waals surface area (Å²) in [6.45, 7) is 8.69. The molecule has 6 heteroatoms. The van der Waals surface area contributed by atoms with E-state index in [2.05, 4.69) is 15.1 Å². The minimum absolute atomic E-state index is 0.341. The predicted molar refractivity (Wildman–Crippen MR) is 102 cm³/mol. The third-order valence-corrected chi connectivity index (χ3v) is 3.68. The van der Waals surface area contributed by atoms with Crippen molar-refractivity contribution in [2.24, 2.45) is 5.16 Å². The molecular weight excluding hydrogens is 330 g/mol.